The second-order valence-electron chi connectivity index (χ2n) is 6.07. The molecule has 19 heavy (non-hydrogen) atoms. The molecule has 0 fully saturated rings. The van der Waals surface area contributed by atoms with Gasteiger partial charge in [0.15, 0.2) is 0 Å². The standard InChI is InChI=1S/C15H29N3O/c1-6-9-16-13(12-19-15(2,3)4)7-8-14-17-10-11-18(14)5/h10-11,13,16H,6-9,12H2,1-5H3. The van der Waals surface area contributed by atoms with Gasteiger partial charge in [0.1, 0.15) is 5.82 Å². The molecule has 1 aromatic rings. The van der Waals surface area contributed by atoms with E-state index in [1.807, 2.05) is 19.4 Å². The van der Waals surface area contributed by atoms with Crippen LogP contribution in [0.4, 0.5) is 0 Å². The lowest BCUT2D eigenvalue weighted by Crippen LogP contribution is -2.37. The molecule has 0 saturated carbocycles. The summed E-state index contributed by atoms with van der Waals surface area (Å²) in [7, 11) is 2.04. The van der Waals surface area contributed by atoms with E-state index in [0.29, 0.717) is 6.04 Å². The molecule has 1 aromatic heterocycles. The van der Waals surface area contributed by atoms with Crippen LogP contribution < -0.4 is 5.32 Å². The number of rotatable bonds is 8. The van der Waals surface area contributed by atoms with Gasteiger partial charge in [-0.3, -0.25) is 0 Å². The Hall–Kier alpha value is -0.870. The minimum Gasteiger partial charge on any atom is -0.374 e. The zero-order chi connectivity index (χ0) is 14.3. The topological polar surface area (TPSA) is 39.1 Å². The molecule has 1 rings (SSSR count). The zero-order valence-corrected chi connectivity index (χ0v) is 13.1. The normalized spacial score (nSPS) is 13.7. The highest BCUT2D eigenvalue weighted by atomic mass is 16.5. The van der Waals surface area contributed by atoms with E-state index in [4.69, 9.17) is 4.74 Å². The number of hydrogen-bond acceptors (Lipinski definition) is 3. The minimum absolute atomic E-state index is 0.0740. The van der Waals surface area contributed by atoms with Gasteiger partial charge in [0.2, 0.25) is 0 Å². The Morgan fingerprint density at radius 1 is 1.42 bits per heavy atom. The Kier molecular flexibility index (Phi) is 6.52. The molecular formula is C15H29N3O. The predicted octanol–water partition coefficient (Wildman–Crippen LogP) is 2.54. The first kappa shape index (κ1) is 16.2. The van der Waals surface area contributed by atoms with E-state index in [0.717, 1.165) is 38.2 Å². The highest BCUT2D eigenvalue weighted by Crippen LogP contribution is 2.10. The lowest BCUT2D eigenvalue weighted by atomic mass is 10.1. The number of nitrogens with zero attached hydrogens (tertiary/aromatic N) is 2. The van der Waals surface area contributed by atoms with Crippen LogP contribution in [-0.4, -0.2) is 34.3 Å². The van der Waals surface area contributed by atoms with Gasteiger partial charge in [0, 0.05) is 31.9 Å². The van der Waals surface area contributed by atoms with Crippen LogP contribution in [0.2, 0.25) is 0 Å². The molecular weight excluding hydrogens is 238 g/mol. The van der Waals surface area contributed by atoms with Gasteiger partial charge in [-0.2, -0.15) is 0 Å². The average Bonchev–Trinajstić information content (AvgIpc) is 2.73. The van der Waals surface area contributed by atoms with Crippen molar-refractivity contribution in [2.24, 2.45) is 7.05 Å². The summed E-state index contributed by atoms with van der Waals surface area (Å²) in [4.78, 5) is 4.37. The van der Waals surface area contributed by atoms with E-state index in [2.05, 4.69) is 42.6 Å². The van der Waals surface area contributed by atoms with Crippen LogP contribution in [0, 0.1) is 0 Å². The third-order valence-corrected chi connectivity index (χ3v) is 3.04. The van der Waals surface area contributed by atoms with E-state index >= 15 is 0 Å². The second-order valence-corrected chi connectivity index (χ2v) is 6.07. The van der Waals surface area contributed by atoms with Gasteiger partial charge in [-0.25, -0.2) is 4.98 Å². The fourth-order valence-electron chi connectivity index (χ4n) is 1.88. The van der Waals surface area contributed by atoms with E-state index in [1.165, 1.54) is 0 Å². The summed E-state index contributed by atoms with van der Waals surface area (Å²) in [5.74, 6) is 1.14. The third kappa shape index (κ3) is 6.73. The van der Waals surface area contributed by atoms with E-state index in [-0.39, 0.29) is 5.60 Å². The number of hydrogen-bond donors (Lipinski definition) is 1. The Balaban J connectivity index is 2.42. The minimum atomic E-state index is -0.0740. The van der Waals surface area contributed by atoms with Crippen LogP contribution in [0.3, 0.4) is 0 Å². The number of imidazole rings is 1. The maximum absolute atomic E-state index is 5.90. The van der Waals surface area contributed by atoms with Crippen molar-refractivity contribution in [1.29, 1.82) is 0 Å². The van der Waals surface area contributed by atoms with Gasteiger partial charge in [0.05, 0.1) is 12.2 Å². The van der Waals surface area contributed by atoms with Crippen LogP contribution in [0.5, 0.6) is 0 Å². The van der Waals surface area contributed by atoms with Crippen molar-refractivity contribution in [1.82, 2.24) is 14.9 Å². The third-order valence-electron chi connectivity index (χ3n) is 3.04. The van der Waals surface area contributed by atoms with Gasteiger partial charge < -0.3 is 14.6 Å². The van der Waals surface area contributed by atoms with Crippen molar-refractivity contribution >= 4 is 0 Å². The van der Waals surface area contributed by atoms with Crippen molar-refractivity contribution in [3.05, 3.63) is 18.2 Å². The maximum Gasteiger partial charge on any atom is 0.108 e. The summed E-state index contributed by atoms with van der Waals surface area (Å²) >= 11 is 0. The molecule has 0 aliphatic rings. The molecule has 0 radical (unpaired) electrons. The summed E-state index contributed by atoms with van der Waals surface area (Å²) in [6, 6.07) is 0.399. The Labute approximate surface area is 117 Å². The summed E-state index contributed by atoms with van der Waals surface area (Å²) in [6.07, 6.45) is 7.04. The predicted molar refractivity (Wildman–Crippen MR) is 79.3 cm³/mol. The Morgan fingerprint density at radius 2 is 2.16 bits per heavy atom. The molecule has 1 heterocycles. The lowest BCUT2D eigenvalue weighted by molar-refractivity contribution is -0.0153. The first-order valence-corrected chi connectivity index (χ1v) is 7.26. The van der Waals surface area contributed by atoms with Gasteiger partial charge in [-0.15, -0.1) is 0 Å². The summed E-state index contributed by atoms with van der Waals surface area (Å²) in [5, 5.41) is 3.56. The fraction of sp³-hybridized carbons (Fsp3) is 0.800. The smallest absolute Gasteiger partial charge is 0.108 e. The first-order valence-electron chi connectivity index (χ1n) is 7.26. The number of aryl methyl sites for hydroxylation is 2. The molecule has 0 saturated heterocycles. The van der Waals surface area contributed by atoms with Crippen LogP contribution in [0.15, 0.2) is 12.4 Å². The van der Waals surface area contributed by atoms with Crippen LogP contribution in [0.25, 0.3) is 0 Å². The zero-order valence-electron chi connectivity index (χ0n) is 13.1. The Morgan fingerprint density at radius 3 is 2.68 bits per heavy atom. The van der Waals surface area contributed by atoms with Gasteiger partial charge in [-0.05, 0) is 40.2 Å². The highest BCUT2D eigenvalue weighted by Gasteiger charge is 2.15. The number of nitrogens with one attached hydrogen (secondary N) is 1. The molecule has 4 nitrogen and oxygen atoms in total. The molecule has 0 spiro atoms. The molecule has 4 heteroatoms. The molecule has 110 valence electrons. The monoisotopic (exact) mass is 267 g/mol. The van der Waals surface area contributed by atoms with Crippen LogP contribution >= 0.6 is 0 Å². The average molecular weight is 267 g/mol. The van der Waals surface area contributed by atoms with Crippen molar-refractivity contribution in [2.75, 3.05) is 13.2 Å². The number of ether oxygens (including phenoxy) is 1. The van der Waals surface area contributed by atoms with Crippen molar-refractivity contribution in [3.8, 4) is 0 Å². The fourth-order valence-corrected chi connectivity index (χ4v) is 1.88. The largest absolute Gasteiger partial charge is 0.374 e. The molecule has 0 aromatic carbocycles. The van der Waals surface area contributed by atoms with Gasteiger partial charge in [0.25, 0.3) is 0 Å². The Bertz CT molecular complexity index is 355. The molecule has 0 bridgehead atoms. The summed E-state index contributed by atoms with van der Waals surface area (Å²) in [5.41, 5.74) is -0.0740. The van der Waals surface area contributed by atoms with Crippen LogP contribution in [0.1, 0.15) is 46.4 Å². The molecule has 1 unspecified atom stereocenters. The first-order chi connectivity index (χ1) is 8.92. The highest BCUT2D eigenvalue weighted by molar-refractivity contribution is 4.92. The van der Waals surface area contributed by atoms with E-state index in [1.54, 1.807) is 0 Å². The van der Waals surface area contributed by atoms with Crippen molar-refractivity contribution < 1.29 is 4.74 Å². The summed E-state index contributed by atoms with van der Waals surface area (Å²) < 4.78 is 7.98. The van der Waals surface area contributed by atoms with E-state index in [9.17, 15) is 0 Å². The van der Waals surface area contributed by atoms with Gasteiger partial charge >= 0.3 is 0 Å². The second kappa shape index (κ2) is 7.65. The SMILES string of the molecule is CCCNC(CCc1nccn1C)COC(C)(C)C. The summed E-state index contributed by atoms with van der Waals surface area (Å²) in [6.45, 7) is 10.3. The molecule has 0 aliphatic heterocycles. The van der Waals surface area contributed by atoms with Crippen molar-refractivity contribution in [2.45, 2.75) is 58.6 Å². The number of aromatic nitrogens is 2. The lowest BCUT2D eigenvalue weighted by Gasteiger charge is -2.25. The maximum atomic E-state index is 5.90. The molecule has 1 atom stereocenters. The molecule has 0 aliphatic carbocycles. The molecule has 0 amide bonds. The van der Waals surface area contributed by atoms with Crippen molar-refractivity contribution in [3.63, 3.8) is 0 Å². The van der Waals surface area contributed by atoms with E-state index < -0.39 is 0 Å². The quantitative estimate of drug-likeness (QED) is 0.786. The van der Waals surface area contributed by atoms with Gasteiger partial charge in [-0.1, -0.05) is 6.92 Å². The molecule has 1 N–H and O–H groups in total. The van der Waals surface area contributed by atoms with Crippen LogP contribution in [-0.2, 0) is 18.2 Å².